The smallest absolute Gasteiger partial charge is 0.255 e. The highest BCUT2D eigenvalue weighted by atomic mass is 19.1. The molecule has 0 aromatic heterocycles. The normalized spacial score (nSPS) is 18.2. The third-order valence-electron chi connectivity index (χ3n) is 5.12. The van der Waals surface area contributed by atoms with Crippen molar-refractivity contribution in [2.75, 3.05) is 31.6 Å². The molecule has 0 aliphatic carbocycles. The van der Waals surface area contributed by atoms with Crippen molar-refractivity contribution in [3.8, 4) is 0 Å². The molecule has 2 aromatic carbocycles. The molecule has 1 N–H and O–H groups in total. The first kappa shape index (κ1) is 18.6. The number of carbonyl (C=O) groups excluding carboxylic acids is 2. The van der Waals surface area contributed by atoms with E-state index in [9.17, 15) is 14.0 Å². The fourth-order valence-corrected chi connectivity index (χ4v) is 3.52. The van der Waals surface area contributed by atoms with Crippen LogP contribution in [-0.4, -0.2) is 48.8 Å². The number of benzene rings is 2. The molecule has 2 aliphatic rings. The van der Waals surface area contributed by atoms with Crippen molar-refractivity contribution in [1.82, 2.24) is 4.90 Å². The Labute approximate surface area is 162 Å². The van der Waals surface area contributed by atoms with E-state index in [1.165, 1.54) is 24.3 Å². The summed E-state index contributed by atoms with van der Waals surface area (Å²) in [6.45, 7) is 2.36. The quantitative estimate of drug-likeness (QED) is 0.883. The molecule has 7 heteroatoms. The Bertz CT molecular complexity index is 851. The van der Waals surface area contributed by atoms with Gasteiger partial charge in [0.05, 0.1) is 13.2 Å². The topological polar surface area (TPSA) is 67.9 Å². The summed E-state index contributed by atoms with van der Waals surface area (Å²) in [5, 5.41) is 2.70. The molecular formula is C21H21FN2O4. The lowest BCUT2D eigenvalue weighted by molar-refractivity contribution is -0.181. The first-order chi connectivity index (χ1) is 13.5. The molecule has 1 spiro atoms. The maximum absolute atomic E-state index is 12.9. The van der Waals surface area contributed by atoms with E-state index in [1.807, 2.05) is 0 Å². The van der Waals surface area contributed by atoms with Crippen LogP contribution in [-0.2, 0) is 9.47 Å². The van der Waals surface area contributed by atoms with Gasteiger partial charge in [0, 0.05) is 42.7 Å². The van der Waals surface area contributed by atoms with Crippen molar-refractivity contribution >= 4 is 17.5 Å². The minimum Gasteiger partial charge on any atom is -0.347 e. The number of nitrogens with zero attached hydrogens (tertiary/aromatic N) is 1. The van der Waals surface area contributed by atoms with Crippen molar-refractivity contribution in [2.45, 2.75) is 18.6 Å². The highest BCUT2D eigenvalue weighted by Gasteiger charge is 2.40. The number of piperidine rings is 1. The zero-order chi connectivity index (χ0) is 19.6. The van der Waals surface area contributed by atoms with Crippen LogP contribution in [0.4, 0.5) is 10.1 Å². The number of hydrogen-bond acceptors (Lipinski definition) is 4. The van der Waals surface area contributed by atoms with Crippen molar-refractivity contribution in [3.05, 3.63) is 65.5 Å². The first-order valence-corrected chi connectivity index (χ1v) is 9.29. The molecule has 4 rings (SSSR count). The van der Waals surface area contributed by atoms with Crippen LogP contribution in [0.3, 0.4) is 0 Å². The van der Waals surface area contributed by atoms with Gasteiger partial charge >= 0.3 is 0 Å². The Morgan fingerprint density at radius 3 is 2.07 bits per heavy atom. The van der Waals surface area contributed by atoms with Crippen molar-refractivity contribution < 1.29 is 23.5 Å². The summed E-state index contributed by atoms with van der Waals surface area (Å²) in [6.07, 6.45) is 1.33. The summed E-state index contributed by atoms with van der Waals surface area (Å²) in [5.74, 6) is -1.27. The molecule has 2 saturated heterocycles. The number of nitrogens with one attached hydrogen (secondary N) is 1. The number of amides is 2. The van der Waals surface area contributed by atoms with Gasteiger partial charge in [-0.3, -0.25) is 9.59 Å². The monoisotopic (exact) mass is 384 g/mol. The molecule has 0 saturated carbocycles. The maximum Gasteiger partial charge on any atom is 0.255 e. The van der Waals surface area contributed by atoms with Crippen LogP contribution in [0, 0.1) is 5.82 Å². The van der Waals surface area contributed by atoms with E-state index in [1.54, 1.807) is 29.2 Å². The Balaban J connectivity index is 1.36. The van der Waals surface area contributed by atoms with Crippen LogP contribution in [0.1, 0.15) is 33.6 Å². The van der Waals surface area contributed by atoms with E-state index in [4.69, 9.17) is 9.47 Å². The standard InChI is InChI=1S/C21H21FN2O4/c22-17-5-7-18(8-6-17)23-19(25)15-1-3-16(4-2-15)20(26)24-11-9-21(10-12-24)27-13-14-28-21/h1-8H,9-14H2,(H,23,25). The second kappa shape index (κ2) is 7.69. The van der Waals surface area contributed by atoms with Crippen molar-refractivity contribution in [3.63, 3.8) is 0 Å². The van der Waals surface area contributed by atoms with E-state index in [2.05, 4.69) is 5.32 Å². The van der Waals surface area contributed by atoms with Crippen molar-refractivity contribution in [1.29, 1.82) is 0 Å². The summed E-state index contributed by atoms with van der Waals surface area (Å²) in [6, 6.07) is 12.1. The average Bonchev–Trinajstić information content (AvgIpc) is 3.18. The van der Waals surface area contributed by atoms with E-state index in [-0.39, 0.29) is 17.6 Å². The Kier molecular flexibility index (Phi) is 5.11. The lowest BCUT2D eigenvalue weighted by Crippen LogP contribution is -2.47. The number of ether oxygens (including phenoxy) is 2. The third kappa shape index (κ3) is 3.90. The van der Waals surface area contributed by atoms with Gasteiger partial charge in [-0.05, 0) is 48.5 Å². The molecule has 2 heterocycles. The molecule has 0 radical (unpaired) electrons. The predicted molar refractivity (Wildman–Crippen MR) is 101 cm³/mol. The highest BCUT2D eigenvalue weighted by Crippen LogP contribution is 2.31. The largest absolute Gasteiger partial charge is 0.347 e. The van der Waals surface area contributed by atoms with Crippen LogP contribution in [0.2, 0.25) is 0 Å². The fraction of sp³-hybridized carbons (Fsp3) is 0.333. The number of likely N-dealkylation sites (tertiary alicyclic amines) is 1. The summed E-state index contributed by atoms with van der Waals surface area (Å²) in [4.78, 5) is 26.8. The van der Waals surface area contributed by atoms with Gasteiger partial charge in [0.2, 0.25) is 0 Å². The van der Waals surface area contributed by atoms with Gasteiger partial charge in [-0.1, -0.05) is 0 Å². The van der Waals surface area contributed by atoms with Crippen LogP contribution in [0.5, 0.6) is 0 Å². The molecule has 146 valence electrons. The van der Waals surface area contributed by atoms with Gasteiger partial charge in [-0.15, -0.1) is 0 Å². The number of hydrogen-bond donors (Lipinski definition) is 1. The summed E-state index contributed by atoms with van der Waals surface area (Å²) >= 11 is 0. The second-order valence-corrected chi connectivity index (χ2v) is 6.94. The molecule has 2 aromatic rings. The molecular weight excluding hydrogens is 363 g/mol. The zero-order valence-electron chi connectivity index (χ0n) is 15.3. The van der Waals surface area contributed by atoms with Gasteiger partial charge in [0.15, 0.2) is 5.79 Å². The van der Waals surface area contributed by atoms with Gasteiger partial charge in [-0.25, -0.2) is 4.39 Å². The fourth-order valence-electron chi connectivity index (χ4n) is 3.52. The Morgan fingerprint density at radius 2 is 1.46 bits per heavy atom. The molecule has 0 bridgehead atoms. The van der Waals surface area contributed by atoms with E-state index >= 15 is 0 Å². The molecule has 0 atom stereocenters. The number of halogens is 1. The molecule has 2 fully saturated rings. The minimum absolute atomic E-state index is 0.0710. The third-order valence-corrected chi connectivity index (χ3v) is 5.12. The zero-order valence-corrected chi connectivity index (χ0v) is 15.3. The van der Waals surface area contributed by atoms with Gasteiger partial charge in [0.25, 0.3) is 11.8 Å². The average molecular weight is 384 g/mol. The van der Waals surface area contributed by atoms with Crippen LogP contribution >= 0.6 is 0 Å². The van der Waals surface area contributed by atoms with E-state index in [0.29, 0.717) is 56.0 Å². The summed E-state index contributed by atoms with van der Waals surface area (Å²) < 4.78 is 24.3. The maximum atomic E-state index is 12.9. The summed E-state index contributed by atoms with van der Waals surface area (Å²) in [7, 11) is 0. The Morgan fingerprint density at radius 1 is 0.893 bits per heavy atom. The highest BCUT2D eigenvalue weighted by molar-refractivity contribution is 6.05. The van der Waals surface area contributed by atoms with Crippen LogP contribution in [0.15, 0.2) is 48.5 Å². The number of anilines is 1. The van der Waals surface area contributed by atoms with Gasteiger partial charge in [-0.2, -0.15) is 0 Å². The van der Waals surface area contributed by atoms with E-state index < -0.39 is 5.79 Å². The molecule has 2 aliphatic heterocycles. The SMILES string of the molecule is O=C(Nc1ccc(F)cc1)c1ccc(C(=O)N2CCC3(CC2)OCCO3)cc1. The van der Waals surface area contributed by atoms with Gasteiger partial charge < -0.3 is 19.7 Å². The number of carbonyl (C=O) groups is 2. The lowest BCUT2D eigenvalue weighted by atomic mass is 10.0. The Hall–Kier alpha value is -2.77. The summed E-state index contributed by atoms with van der Waals surface area (Å²) in [5.41, 5.74) is 1.46. The van der Waals surface area contributed by atoms with Crippen molar-refractivity contribution in [2.24, 2.45) is 0 Å². The minimum atomic E-state index is -0.515. The number of rotatable bonds is 3. The van der Waals surface area contributed by atoms with Gasteiger partial charge in [0.1, 0.15) is 5.82 Å². The first-order valence-electron chi connectivity index (χ1n) is 9.29. The second-order valence-electron chi connectivity index (χ2n) is 6.94. The predicted octanol–water partition coefficient (Wildman–Crippen LogP) is 3.06. The molecule has 28 heavy (non-hydrogen) atoms. The molecule has 0 unspecified atom stereocenters. The molecule has 2 amide bonds. The van der Waals surface area contributed by atoms with Crippen LogP contribution in [0.25, 0.3) is 0 Å². The van der Waals surface area contributed by atoms with Crippen LogP contribution < -0.4 is 5.32 Å². The lowest BCUT2D eigenvalue weighted by Gasteiger charge is -2.37. The molecule has 6 nitrogen and oxygen atoms in total. The van der Waals surface area contributed by atoms with E-state index in [0.717, 1.165) is 0 Å².